The number of aryl methyl sites for hydroxylation is 1. The van der Waals surface area contributed by atoms with Gasteiger partial charge in [-0.3, -0.25) is 0 Å². The molecule has 37 heavy (non-hydrogen) atoms. The highest BCUT2D eigenvalue weighted by Gasteiger charge is 2.48. The fourth-order valence-corrected chi connectivity index (χ4v) is 9.15. The number of piperazine rings is 3. The van der Waals surface area contributed by atoms with E-state index in [0.29, 0.717) is 17.9 Å². The summed E-state index contributed by atoms with van der Waals surface area (Å²) >= 11 is 1.04. The van der Waals surface area contributed by atoms with Crippen LogP contribution in [0.3, 0.4) is 0 Å². The molecule has 4 heterocycles. The summed E-state index contributed by atoms with van der Waals surface area (Å²) < 4.78 is 47.0. The first-order chi connectivity index (χ1) is 16.5. The highest BCUT2D eigenvalue weighted by atomic mass is 35.5. The van der Waals surface area contributed by atoms with Crippen LogP contribution in [0.2, 0.25) is 0 Å². The molecule has 0 unspecified atom stereocenters. The maximum atomic E-state index is 12.5. The Hall–Kier alpha value is -0.500. The van der Waals surface area contributed by atoms with Gasteiger partial charge in [0.05, 0.1) is 19.7 Å². The maximum Gasteiger partial charge on any atom is 0.250 e. The Morgan fingerprint density at radius 3 is 2.16 bits per heavy atom. The Bertz CT molecular complexity index is 1200. The van der Waals surface area contributed by atoms with Gasteiger partial charge in [-0.15, -0.1) is 36.2 Å². The van der Waals surface area contributed by atoms with Gasteiger partial charge < -0.3 is 33.8 Å². The first-order valence-electron chi connectivity index (χ1n) is 12.0. The summed E-state index contributed by atoms with van der Waals surface area (Å²) in [6, 6.07) is 5.45. The number of thiophene rings is 1. The van der Waals surface area contributed by atoms with Crippen molar-refractivity contribution in [3.63, 3.8) is 0 Å². The van der Waals surface area contributed by atoms with Gasteiger partial charge in [-0.05, 0) is 37.2 Å². The number of rotatable bonds is 12. The van der Waals surface area contributed by atoms with Gasteiger partial charge in [-0.1, -0.05) is 7.60 Å². The van der Waals surface area contributed by atoms with Gasteiger partial charge in [0.15, 0.2) is 0 Å². The average Bonchev–Trinajstić information content (AvgIpc) is 3.17. The van der Waals surface area contributed by atoms with Gasteiger partial charge in [0.2, 0.25) is 0 Å². The summed E-state index contributed by atoms with van der Waals surface area (Å²) in [5.41, 5.74) is 6.23. The van der Waals surface area contributed by atoms with Crippen molar-refractivity contribution < 1.29 is 36.5 Å². The van der Waals surface area contributed by atoms with Crippen LogP contribution in [0.4, 0.5) is 0 Å². The smallest absolute Gasteiger partial charge is 0.250 e. The molecule has 0 spiro atoms. The van der Waals surface area contributed by atoms with Crippen molar-refractivity contribution in [1.82, 2.24) is 4.72 Å². The van der Waals surface area contributed by atoms with Crippen LogP contribution in [0, 0.1) is 6.92 Å². The number of halogens is 2. The average molecular weight is 620 g/mol. The number of fused-ring (bicyclic) bond motifs is 4. The molecule has 0 atom stereocenters. The Balaban J connectivity index is 0.00000241. The molecule has 10 nitrogen and oxygen atoms in total. The second kappa shape index (κ2) is 12.8. The van der Waals surface area contributed by atoms with E-state index in [1.807, 2.05) is 22.9 Å². The predicted molar refractivity (Wildman–Crippen MR) is 147 cm³/mol. The Morgan fingerprint density at radius 2 is 1.62 bits per heavy atom. The fourth-order valence-electron chi connectivity index (χ4n) is 5.38. The van der Waals surface area contributed by atoms with Crippen LogP contribution in [0.15, 0.2) is 22.4 Å². The highest BCUT2D eigenvalue weighted by Crippen LogP contribution is 2.36. The minimum absolute atomic E-state index is 0. The van der Waals surface area contributed by atoms with E-state index in [1.165, 1.54) is 54.8 Å². The van der Waals surface area contributed by atoms with Crippen molar-refractivity contribution in [2.45, 2.75) is 24.0 Å². The number of nitrogens with one attached hydrogen (secondary N) is 1. The number of ether oxygens (including phenoxy) is 1. The van der Waals surface area contributed by atoms with Crippen LogP contribution < -0.4 is 25.0 Å². The molecule has 0 aliphatic carbocycles. The second-order valence-corrected chi connectivity index (χ2v) is 14.5. The zero-order valence-electron chi connectivity index (χ0n) is 20.9. The predicted octanol–water partition coefficient (Wildman–Crippen LogP) is 0.981. The lowest BCUT2D eigenvalue weighted by Gasteiger charge is -2.55. The van der Waals surface area contributed by atoms with E-state index >= 15 is 0 Å². The molecule has 212 valence electrons. The number of hydrogen-bond acceptors (Lipinski definition) is 8. The quantitative estimate of drug-likeness (QED) is 0.205. The first-order valence-corrected chi connectivity index (χ1v) is 16.1. The largest absolute Gasteiger partial charge is 0.810 e. The Labute approximate surface area is 235 Å². The summed E-state index contributed by atoms with van der Waals surface area (Å²) in [5, 5.41) is 0.737. The normalized spacial score (nSPS) is 23.5. The molecule has 15 heteroatoms. The zero-order valence-corrected chi connectivity index (χ0v) is 25.1. The van der Waals surface area contributed by atoms with Crippen molar-refractivity contribution >= 4 is 63.9 Å². The topological polar surface area (TPSA) is 145 Å². The lowest BCUT2D eigenvalue weighted by molar-refractivity contribution is -1.08. The van der Waals surface area contributed by atoms with Gasteiger partial charge >= 0.3 is 0 Å². The second-order valence-electron chi connectivity index (χ2n) is 9.91. The molecule has 1 aromatic carbocycles. The lowest BCUT2D eigenvalue weighted by atomic mass is 10.1. The van der Waals surface area contributed by atoms with E-state index in [1.54, 1.807) is 6.92 Å². The summed E-state index contributed by atoms with van der Waals surface area (Å²) in [6.07, 6.45) is 0.913. The molecular formula is C22H37Cl2N4O6PS2. The molecule has 3 aliphatic rings. The van der Waals surface area contributed by atoms with Crippen LogP contribution in [0.5, 0.6) is 5.75 Å². The van der Waals surface area contributed by atoms with Crippen LogP contribution in [0.25, 0.3) is 10.1 Å². The molecule has 3 N–H and O–H groups in total. The molecule has 0 radical (unpaired) electrons. The van der Waals surface area contributed by atoms with Gasteiger partial charge in [0, 0.05) is 29.2 Å². The molecule has 0 amide bonds. The lowest BCUT2D eigenvalue weighted by Crippen LogP contribution is -2.75. The standard InChI is InChI=1S/C22H35N4O6PS2.2ClH/c1-18-20-16-19(4-5-21(20)34-22(18)35(30,31)24-17-33(27,28)29)32-15-3-8-26-12-9-25(10-13-26,11-14-26)7-2-6-23;;/h4-5,16,24H,2-3,6-15,17,23H2,1H3;2*1H. The van der Waals surface area contributed by atoms with E-state index in [4.69, 9.17) is 10.5 Å². The summed E-state index contributed by atoms with van der Waals surface area (Å²) in [5.74, 6) is 0.675. The molecule has 3 aliphatic heterocycles. The highest BCUT2D eigenvalue weighted by molar-refractivity contribution is 7.92. The van der Waals surface area contributed by atoms with Crippen molar-refractivity contribution in [2.75, 3.05) is 71.8 Å². The van der Waals surface area contributed by atoms with Crippen LogP contribution in [-0.4, -0.2) is 89.2 Å². The third-order valence-electron chi connectivity index (χ3n) is 7.58. The van der Waals surface area contributed by atoms with Crippen LogP contribution in [0.1, 0.15) is 18.4 Å². The van der Waals surface area contributed by atoms with E-state index in [0.717, 1.165) is 47.4 Å². The van der Waals surface area contributed by atoms with Gasteiger partial charge in [-0.2, -0.15) is 0 Å². The van der Waals surface area contributed by atoms with E-state index in [-0.39, 0.29) is 29.0 Å². The molecule has 1 aromatic heterocycles. The van der Waals surface area contributed by atoms with E-state index < -0.39 is 23.9 Å². The molecule has 2 aromatic rings. The molecule has 3 saturated heterocycles. The van der Waals surface area contributed by atoms with Crippen molar-refractivity contribution in [3.05, 3.63) is 23.8 Å². The molecule has 2 bridgehead atoms. The van der Waals surface area contributed by atoms with E-state index in [9.17, 15) is 22.8 Å². The van der Waals surface area contributed by atoms with Crippen molar-refractivity contribution in [3.8, 4) is 5.75 Å². The number of sulfonamides is 1. The summed E-state index contributed by atoms with van der Waals surface area (Å²) in [7, 11) is -9.09. The van der Waals surface area contributed by atoms with Crippen molar-refractivity contribution in [2.24, 2.45) is 5.73 Å². The Morgan fingerprint density at radius 1 is 1.05 bits per heavy atom. The Kier molecular flexibility index (Phi) is 11.3. The summed E-state index contributed by atoms with van der Waals surface area (Å²) in [4.78, 5) is 21.7. The van der Waals surface area contributed by atoms with Gasteiger partial charge in [0.25, 0.3) is 10.0 Å². The summed E-state index contributed by atoms with van der Waals surface area (Å²) in [6.45, 7) is 12.8. The number of nitrogens with two attached hydrogens (primary N) is 1. The number of quaternary nitrogens is 2. The monoisotopic (exact) mass is 618 g/mol. The minimum atomic E-state index is -4.99. The third-order valence-corrected chi connectivity index (χ3v) is 11.6. The van der Waals surface area contributed by atoms with Gasteiger partial charge in [-0.25, -0.2) is 13.1 Å². The zero-order chi connectivity index (χ0) is 25.3. The molecular weight excluding hydrogens is 582 g/mol. The number of nitrogens with zero attached hydrogens (tertiary/aromatic N) is 2. The van der Waals surface area contributed by atoms with Crippen LogP contribution >= 0.6 is 43.7 Å². The van der Waals surface area contributed by atoms with E-state index in [2.05, 4.69) is 0 Å². The van der Waals surface area contributed by atoms with Gasteiger partial charge in [0.1, 0.15) is 49.2 Å². The van der Waals surface area contributed by atoms with Crippen molar-refractivity contribution in [1.29, 1.82) is 0 Å². The number of benzene rings is 1. The maximum absolute atomic E-state index is 12.5. The molecule has 5 rings (SSSR count). The fraction of sp³-hybridized carbons (Fsp3) is 0.636. The first kappa shape index (κ1) is 32.7. The van der Waals surface area contributed by atoms with Crippen LogP contribution in [-0.2, 0) is 14.6 Å². The molecule has 3 fully saturated rings. The minimum Gasteiger partial charge on any atom is -0.810 e. The SMILES string of the molecule is Cc1c(S(=O)(=O)NCP(=O)([O-])[O-])sc2ccc(OCCC[N+]34CC[N+](CCCN)(CC3)CC4)cc12.Cl.Cl. The third kappa shape index (κ3) is 7.79. The number of hydrogen-bond donors (Lipinski definition) is 2. The molecule has 0 saturated carbocycles.